The average Bonchev–Trinajstić information content (AvgIpc) is 2.38. The minimum absolute atomic E-state index is 0.114. The molecule has 8 nitrogen and oxygen atoms in total. The van der Waals surface area contributed by atoms with Crippen molar-refractivity contribution in [3.8, 4) is 12.3 Å². The SMILES string of the molecule is C#CCCC(=O)N[C@@]1(O)O[C@H](CO)[C@@H](O)[C@H](O)[C@@H]1O. The molecule has 1 heterocycles. The van der Waals surface area contributed by atoms with E-state index in [2.05, 4.69) is 5.92 Å². The Morgan fingerprint density at radius 2 is 2.00 bits per heavy atom. The van der Waals surface area contributed by atoms with Crippen molar-refractivity contribution in [3.05, 3.63) is 0 Å². The van der Waals surface area contributed by atoms with Crippen LogP contribution in [0, 0.1) is 12.3 Å². The zero-order valence-electron chi connectivity index (χ0n) is 10.1. The number of terminal acetylenes is 1. The van der Waals surface area contributed by atoms with Crippen molar-refractivity contribution in [1.29, 1.82) is 0 Å². The van der Waals surface area contributed by atoms with Gasteiger partial charge >= 0.3 is 0 Å². The predicted octanol–water partition coefficient (Wildman–Crippen LogP) is -3.36. The maximum atomic E-state index is 11.4. The Balaban J connectivity index is 2.78. The van der Waals surface area contributed by atoms with Crippen molar-refractivity contribution >= 4 is 5.91 Å². The highest BCUT2D eigenvalue weighted by Gasteiger charge is 2.53. The molecule has 1 fully saturated rings. The molecule has 1 aliphatic rings. The average molecular weight is 275 g/mol. The molecule has 1 saturated heterocycles. The van der Waals surface area contributed by atoms with E-state index in [0.717, 1.165) is 0 Å². The summed E-state index contributed by atoms with van der Waals surface area (Å²) in [4.78, 5) is 11.4. The van der Waals surface area contributed by atoms with Crippen molar-refractivity contribution in [2.45, 2.75) is 43.2 Å². The quantitative estimate of drug-likeness (QED) is 0.232. The summed E-state index contributed by atoms with van der Waals surface area (Å²) in [7, 11) is 0. The summed E-state index contributed by atoms with van der Waals surface area (Å²) in [6.07, 6.45) is -1.73. The number of nitrogens with one attached hydrogen (secondary N) is 1. The summed E-state index contributed by atoms with van der Waals surface area (Å²) in [6.45, 7) is -0.715. The molecule has 8 heteroatoms. The van der Waals surface area contributed by atoms with Gasteiger partial charge in [0.1, 0.15) is 18.3 Å². The van der Waals surface area contributed by atoms with E-state index in [1.54, 1.807) is 0 Å². The van der Waals surface area contributed by atoms with Gasteiger partial charge in [0.15, 0.2) is 6.10 Å². The molecular weight excluding hydrogens is 258 g/mol. The predicted molar refractivity (Wildman–Crippen MR) is 61.1 cm³/mol. The normalized spacial score (nSPS) is 38.5. The van der Waals surface area contributed by atoms with Crippen molar-refractivity contribution in [3.63, 3.8) is 0 Å². The zero-order valence-corrected chi connectivity index (χ0v) is 10.1. The molecule has 0 saturated carbocycles. The summed E-state index contributed by atoms with van der Waals surface area (Å²) in [6, 6.07) is 0. The Labute approximate surface area is 109 Å². The van der Waals surface area contributed by atoms with Crippen LogP contribution < -0.4 is 5.32 Å². The van der Waals surface area contributed by atoms with Gasteiger partial charge in [0, 0.05) is 12.8 Å². The lowest BCUT2D eigenvalue weighted by molar-refractivity contribution is -0.358. The highest BCUT2D eigenvalue weighted by molar-refractivity contribution is 5.76. The standard InChI is InChI=1S/C11H17NO7/c1-2-3-4-7(14)12-11(18)10(17)9(16)8(15)6(5-13)19-11/h1,6,8-10,13,15-18H,3-5H2,(H,12,14)/t6-,8-,9+,10+,11+/m1/s1. The fourth-order valence-electron chi connectivity index (χ4n) is 1.70. The lowest BCUT2D eigenvalue weighted by Gasteiger charge is -2.45. The van der Waals surface area contributed by atoms with E-state index in [4.69, 9.17) is 16.3 Å². The van der Waals surface area contributed by atoms with Crippen LogP contribution in [0.5, 0.6) is 0 Å². The third-order valence-corrected chi connectivity index (χ3v) is 2.78. The van der Waals surface area contributed by atoms with Gasteiger partial charge in [-0.2, -0.15) is 0 Å². The molecule has 108 valence electrons. The van der Waals surface area contributed by atoms with Gasteiger partial charge in [-0.1, -0.05) is 0 Å². The van der Waals surface area contributed by atoms with Crippen LogP contribution >= 0.6 is 0 Å². The molecule has 0 aliphatic carbocycles. The molecule has 0 spiro atoms. The summed E-state index contributed by atoms with van der Waals surface area (Å²) >= 11 is 0. The van der Waals surface area contributed by atoms with Crippen LogP contribution in [0.3, 0.4) is 0 Å². The number of ether oxygens (including phenoxy) is 1. The van der Waals surface area contributed by atoms with Gasteiger partial charge < -0.3 is 35.6 Å². The molecule has 0 aromatic heterocycles. The minimum Gasteiger partial charge on any atom is -0.394 e. The van der Waals surface area contributed by atoms with Crippen molar-refractivity contribution in [2.24, 2.45) is 0 Å². The molecular formula is C11H17NO7. The van der Waals surface area contributed by atoms with Crippen LogP contribution in [0.15, 0.2) is 0 Å². The number of hydrogen-bond acceptors (Lipinski definition) is 7. The molecule has 0 aromatic carbocycles. The molecule has 1 aliphatic heterocycles. The second-order valence-corrected chi connectivity index (χ2v) is 4.21. The maximum absolute atomic E-state index is 11.4. The van der Waals surface area contributed by atoms with E-state index in [1.807, 2.05) is 5.32 Å². The number of carbonyl (C=O) groups excluding carboxylic acids is 1. The Morgan fingerprint density at radius 1 is 1.37 bits per heavy atom. The highest BCUT2D eigenvalue weighted by Crippen LogP contribution is 2.26. The summed E-state index contributed by atoms with van der Waals surface area (Å²) in [5.74, 6) is -1.09. The number of amides is 1. The van der Waals surface area contributed by atoms with Crippen LogP contribution in [0.2, 0.25) is 0 Å². The minimum atomic E-state index is -2.60. The van der Waals surface area contributed by atoms with Gasteiger partial charge in [-0.25, -0.2) is 0 Å². The number of hydrogen-bond donors (Lipinski definition) is 6. The van der Waals surface area contributed by atoms with Crippen molar-refractivity contribution < 1.29 is 35.1 Å². The Kier molecular flexibility index (Phi) is 5.25. The lowest BCUT2D eigenvalue weighted by atomic mass is 9.96. The number of rotatable bonds is 4. The van der Waals surface area contributed by atoms with Crippen molar-refractivity contribution in [1.82, 2.24) is 5.32 Å². The molecule has 1 rings (SSSR count). The van der Waals surface area contributed by atoms with E-state index in [-0.39, 0.29) is 12.8 Å². The monoisotopic (exact) mass is 275 g/mol. The first-order valence-electron chi connectivity index (χ1n) is 5.65. The number of carbonyl (C=O) groups is 1. The number of aliphatic hydroxyl groups is 5. The summed E-state index contributed by atoms with van der Waals surface area (Å²) < 4.78 is 4.83. The van der Waals surface area contributed by atoms with Crippen LogP contribution in [0.25, 0.3) is 0 Å². The van der Waals surface area contributed by atoms with Crippen LogP contribution in [-0.2, 0) is 9.53 Å². The maximum Gasteiger partial charge on any atom is 0.279 e. The number of aliphatic hydroxyl groups excluding tert-OH is 4. The van der Waals surface area contributed by atoms with Gasteiger partial charge in [-0.3, -0.25) is 4.79 Å². The topological polar surface area (TPSA) is 139 Å². The van der Waals surface area contributed by atoms with Gasteiger partial charge in [-0.05, 0) is 0 Å². The zero-order chi connectivity index (χ0) is 14.6. The van der Waals surface area contributed by atoms with E-state index in [1.165, 1.54) is 0 Å². The first-order valence-corrected chi connectivity index (χ1v) is 5.65. The second-order valence-electron chi connectivity index (χ2n) is 4.21. The van der Waals surface area contributed by atoms with Crippen molar-refractivity contribution in [2.75, 3.05) is 6.61 Å². The first-order chi connectivity index (χ1) is 8.85. The van der Waals surface area contributed by atoms with Crippen LogP contribution in [0.1, 0.15) is 12.8 Å². The Morgan fingerprint density at radius 3 is 2.53 bits per heavy atom. The first kappa shape index (κ1) is 15.8. The van der Waals surface area contributed by atoms with Crippen LogP contribution in [0.4, 0.5) is 0 Å². The van der Waals surface area contributed by atoms with E-state index in [9.17, 15) is 25.2 Å². The Bertz CT molecular complexity index is 367. The lowest BCUT2D eigenvalue weighted by Crippen LogP contribution is -2.71. The molecule has 5 atom stereocenters. The molecule has 6 N–H and O–H groups in total. The summed E-state index contributed by atoms with van der Waals surface area (Å²) in [5, 5.41) is 49.5. The smallest absolute Gasteiger partial charge is 0.279 e. The van der Waals surface area contributed by atoms with Gasteiger partial charge in [0.2, 0.25) is 5.91 Å². The van der Waals surface area contributed by atoms with E-state index < -0.39 is 42.8 Å². The second kappa shape index (κ2) is 6.29. The highest BCUT2D eigenvalue weighted by atomic mass is 16.7. The largest absolute Gasteiger partial charge is 0.394 e. The molecule has 1 amide bonds. The third-order valence-electron chi connectivity index (χ3n) is 2.78. The Hall–Kier alpha value is -1.21. The van der Waals surface area contributed by atoms with Gasteiger partial charge in [-0.15, -0.1) is 12.3 Å². The molecule has 0 aromatic rings. The van der Waals surface area contributed by atoms with Crippen LogP contribution in [-0.4, -0.2) is 68.4 Å². The fourth-order valence-corrected chi connectivity index (χ4v) is 1.70. The van der Waals surface area contributed by atoms with E-state index >= 15 is 0 Å². The molecule has 0 unspecified atom stereocenters. The molecule has 0 radical (unpaired) electrons. The fraction of sp³-hybridized carbons (Fsp3) is 0.727. The van der Waals surface area contributed by atoms with Gasteiger partial charge in [0.05, 0.1) is 6.61 Å². The van der Waals surface area contributed by atoms with Gasteiger partial charge in [0.25, 0.3) is 5.91 Å². The van der Waals surface area contributed by atoms with E-state index in [0.29, 0.717) is 0 Å². The third kappa shape index (κ3) is 3.42. The molecule has 0 bridgehead atoms. The summed E-state index contributed by atoms with van der Waals surface area (Å²) in [5.41, 5.74) is 0. The molecule has 19 heavy (non-hydrogen) atoms.